The van der Waals surface area contributed by atoms with Crippen molar-refractivity contribution in [1.29, 1.82) is 0 Å². The SMILES string of the molecule is CCOC(=O)c1cc(C)nc2c1c(C)nn2-c1ccc(C)cc1. The molecule has 118 valence electrons. The van der Waals surface area contributed by atoms with E-state index in [0.29, 0.717) is 17.8 Å². The largest absolute Gasteiger partial charge is 0.462 e. The highest BCUT2D eigenvalue weighted by Crippen LogP contribution is 2.25. The summed E-state index contributed by atoms with van der Waals surface area (Å²) in [5.74, 6) is -0.338. The van der Waals surface area contributed by atoms with Crippen LogP contribution in [0.3, 0.4) is 0 Å². The van der Waals surface area contributed by atoms with E-state index in [-0.39, 0.29) is 5.97 Å². The summed E-state index contributed by atoms with van der Waals surface area (Å²) in [6.07, 6.45) is 0. The first-order chi connectivity index (χ1) is 11.0. The number of aromatic nitrogens is 3. The molecule has 3 rings (SSSR count). The van der Waals surface area contributed by atoms with E-state index in [0.717, 1.165) is 22.5 Å². The molecule has 0 spiro atoms. The second kappa shape index (κ2) is 5.83. The highest BCUT2D eigenvalue weighted by Gasteiger charge is 2.20. The molecular formula is C18H19N3O2. The van der Waals surface area contributed by atoms with Crippen LogP contribution in [0, 0.1) is 20.8 Å². The standard InChI is InChI=1S/C18H19N3O2/c1-5-23-18(22)15-10-12(3)19-17-16(15)13(4)20-21(17)14-8-6-11(2)7-9-14/h6-10H,5H2,1-4H3. The molecule has 5 nitrogen and oxygen atoms in total. The molecule has 0 unspecified atom stereocenters. The van der Waals surface area contributed by atoms with Gasteiger partial charge >= 0.3 is 5.97 Å². The lowest BCUT2D eigenvalue weighted by molar-refractivity contribution is 0.0528. The second-order valence-electron chi connectivity index (χ2n) is 5.56. The molecule has 0 N–H and O–H groups in total. The Bertz CT molecular complexity index is 879. The summed E-state index contributed by atoms with van der Waals surface area (Å²) in [6, 6.07) is 9.81. The van der Waals surface area contributed by atoms with Gasteiger partial charge in [0, 0.05) is 5.69 Å². The molecule has 1 aromatic carbocycles. The molecule has 0 radical (unpaired) electrons. The fraction of sp³-hybridized carbons (Fsp3) is 0.278. The number of aryl methyl sites for hydroxylation is 3. The second-order valence-corrected chi connectivity index (χ2v) is 5.56. The van der Waals surface area contributed by atoms with Crippen LogP contribution in [0.15, 0.2) is 30.3 Å². The molecule has 0 bridgehead atoms. The first kappa shape index (κ1) is 15.2. The normalized spacial score (nSPS) is 11.0. The summed E-state index contributed by atoms with van der Waals surface area (Å²) in [6.45, 7) is 7.92. The average molecular weight is 309 g/mol. The van der Waals surface area contributed by atoms with E-state index in [1.165, 1.54) is 5.56 Å². The summed E-state index contributed by atoms with van der Waals surface area (Å²) in [7, 11) is 0. The Morgan fingerprint density at radius 3 is 2.52 bits per heavy atom. The number of carbonyl (C=O) groups excluding carboxylic acids is 1. The smallest absolute Gasteiger partial charge is 0.339 e. The van der Waals surface area contributed by atoms with Crippen LogP contribution in [0.5, 0.6) is 0 Å². The number of hydrogen-bond acceptors (Lipinski definition) is 4. The molecular weight excluding hydrogens is 290 g/mol. The van der Waals surface area contributed by atoms with Crippen molar-refractivity contribution in [3.63, 3.8) is 0 Å². The monoisotopic (exact) mass is 309 g/mol. The zero-order chi connectivity index (χ0) is 16.6. The molecule has 0 saturated heterocycles. The number of nitrogens with zero attached hydrogens (tertiary/aromatic N) is 3. The van der Waals surface area contributed by atoms with Gasteiger partial charge in [-0.05, 0) is 45.9 Å². The van der Waals surface area contributed by atoms with Crippen LogP contribution < -0.4 is 0 Å². The minimum Gasteiger partial charge on any atom is -0.462 e. The molecule has 0 atom stereocenters. The number of ether oxygens (including phenoxy) is 1. The first-order valence-corrected chi connectivity index (χ1v) is 7.62. The van der Waals surface area contributed by atoms with Gasteiger partial charge in [0.25, 0.3) is 0 Å². The molecule has 0 aliphatic heterocycles. The Balaban J connectivity index is 2.26. The number of benzene rings is 1. The van der Waals surface area contributed by atoms with Gasteiger partial charge < -0.3 is 4.74 Å². The fourth-order valence-electron chi connectivity index (χ4n) is 2.65. The minimum absolute atomic E-state index is 0.338. The molecule has 3 aromatic rings. The lowest BCUT2D eigenvalue weighted by Crippen LogP contribution is -2.07. The van der Waals surface area contributed by atoms with Crippen molar-refractivity contribution in [1.82, 2.24) is 14.8 Å². The van der Waals surface area contributed by atoms with Crippen LogP contribution in [-0.4, -0.2) is 27.3 Å². The maximum absolute atomic E-state index is 12.3. The van der Waals surface area contributed by atoms with Crippen LogP contribution in [0.2, 0.25) is 0 Å². The van der Waals surface area contributed by atoms with Gasteiger partial charge in [0.15, 0.2) is 5.65 Å². The number of fused-ring (bicyclic) bond motifs is 1. The Morgan fingerprint density at radius 1 is 1.17 bits per heavy atom. The Morgan fingerprint density at radius 2 is 1.87 bits per heavy atom. The van der Waals surface area contributed by atoms with Crippen molar-refractivity contribution in [2.24, 2.45) is 0 Å². The van der Waals surface area contributed by atoms with Crippen molar-refractivity contribution in [2.45, 2.75) is 27.7 Å². The summed E-state index contributed by atoms with van der Waals surface area (Å²) in [5.41, 5.74) is 4.81. The molecule has 0 amide bonds. The van der Waals surface area contributed by atoms with Crippen LogP contribution in [0.1, 0.15) is 34.2 Å². The topological polar surface area (TPSA) is 57.0 Å². The zero-order valence-corrected chi connectivity index (χ0v) is 13.8. The summed E-state index contributed by atoms with van der Waals surface area (Å²) >= 11 is 0. The third-order valence-electron chi connectivity index (χ3n) is 3.71. The van der Waals surface area contributed by atoms with E-state index in [4.69, 9.17) is 4.74 Å². The number of esters is 1. The van der Waals surface area contributed by atoms with Gasteiger partial charge in [-0.3, -0.25) is 0 Å². The van der Waals surface area contributed by atoms with Crippen molar-refractivity contribution in [3.05, 3.63) is 52.8 Å². The molecule has 0 saturated carbocycles. The average Bonchev–Trinajstić information content (AvgIpc) is 2.84. The van der Waals surface area contributed by atoms with Crippen LogP contribution in [0.4, 0.5) is 0 Å². The van der Waals surface area contributed by atoms with Gasteiger partial charge in [-0.1, -0.05) is 17.7 Å². The van der Waals surface area contributed by atoms with E-state index < -0.39 is 0 Å². The summed E-state index contributed by atoms with van der Waals surface area (Å²) in [4.78, 5) is 16.9. The van der Waals surface area contributed by atoms with Crippen LogP contribution >= 0.6 is 0 Å². The molecule has 0 fully saturated rings. The molecule has 2 aromatic heterocycles. The molecule has 0 aliphatic carbocycles. The summed E-state index contributed by atoms with van der Waals surface area (Å²) < 4.78 is 6.95. The van der Waals surface area contributed by atoms with Gasteiger partial charge in [0.05, 0.1) is 28.9 Å². The number of pyridine rings is 1. The quantitative estimate of drug-likeness (QED) is 0.695. The predicted octanol–water partition coefficient (Wildman–Crippen LogP) is 3.52. The molecule has 0 aliphatic rings. The third kappa shape index (κ3) is 2.70. The van der Waals surface area contributed by atoms with Crippen LogP contribution in [-0.2, 0) is 4.74 Å². The first-order valence-electron chi connectivity index (χ1n) is 7.62. The van der Waals surface area contributed by atoms with Crippen molar-refractivity contribution in [2.75, 3.05) is 6.61 Å². The number of hydrogen-bond donors (Lipinski definition) is 0. The zero-order valence-electron chi connectivity index (χ0n) is 13.8. The molecule has 5 heteroatoms. The highest BCUT2D eigenvalue weighted by atomic mass is 16.5. The van der Waals surface area contributed by atoms with Gasteiger partial charge in [-0.15, -0.1) is 0 Å². The lowest BCUT2D eigenvalue weighted by Gasteiger charge is -2.07. The van der Waals surface area contributed by atoms with E-state index in [1.807, 2.05) is 45.0 Å². The van der Waals surface area contributed by atoms with Crippen molar-refractivity contribution < 1.29 is 9.53 Å². The minimum atomic E-state index is -0.338. The van der Waals surface area contributed by atoms with Gasteiger partial charge in [0.1, 0.15) is 0 Å². The van der Waals surface area contributed by atoms with Gasteiger partial charge in [0.2, 0.25) is 0 Å². The van der Waals surface area contributed by atoms with Crippen molar-refractivity contribution in [3.8, 4) is 5.69 Å². The van der Waals surface area contributed by atoms with Gasteiger partial charge in [-0.25, -0.2) is 14.5 Å². The molecule has 23 heavy (non-hydrogen) atoms. The Labute approximate surface area is 134 Å². The van der Waals surface area contributed by atoms with E-state index in [9.17, 15) is 4.79 Å². The highest BCUT2D eigenvalue weighted by molar-refractivity contribution is 6.04. The third-order valence-corrected chi connectivity index (χ3v) is 3.71. The lowest BCUT2D eigenvalue weighted by atomic mass is 10.1. The van der Waals surface area contributed by atoms with E-state index in [1.54, 1.807) is 17.7 Å². The van der Waals surface area contributed by atoms with Crippen molar-refractivity contribution >= 4 is 17.0 Å². The van der Waals surface area contributed by atoms with E-state index in [2.05, 4.69) is 10.1 Å². The van der Waals surface area contributed by atoms with Crippen LogP contribution in [0.25, 0.3) is 16.7 Å². The Hall–Kier alpha value is -2.69. The maximum Gasteiger partial charge on any atom is 0.339 e. The summed E-state index contributed by atoms with van der Waals surface area (Å²) in [5, 5.41) is 5.33. The van der Waals surface area contributed by atoms with E-state index >= 15 is 0 Å². The Kier molecular flexibility index (Phi) is 3.86. The molecule has 2 heterocycles. The van der Waals surface area contributed by atoms with Gasteiger partial charge in [-0.2, -0.15) is 5.10 Å². The maximum atomic E-state index is 12.3. The fourth-order valence-corrected chi connectivity index (χ4v) is 2.65. The number of rotatable bonds is 3. The number of carbonyl (C=O) groups is 1. The predicted molar refractivity (Wildman–Crippen MR) is 89.0 cm³/mol.